The third-order valence-corrected chi connectivity index (χ3v) is 6.13. The summed E-state index contributed by atoms with van der Waals surface area (Å²) in [7, 11) is 0. The molecule has 0 fully saturated rings. The first-order chi connectivity index (χ1) is 17.1. The zero-order chi connectivity index (χ0) is 24.6. The highest BCUT2D eigenvalue weighted by atomic mass is 14.2. The average molecular weight is 451 g/mol. The molecule has 0 spiro atoms. The van der Waals surface area contributed by atoms with Gasteiger partial charge in [-0.2, -0.15) is 10.5 Å². The Kier molecular flexibility index (Phi) is 7.37. The Labute approximate surface area is 207 Å². The van der Waals surface area contributed by atoms with E-state index in [2.05, 4.69) is 104 Å². The molecule has 0 heterocycles. The van der Waals surface area contributed by atoms with Gasteiger partial charge in [-0.3, -0.25) is 0 Å². The molecule has 0 bridgehead atoms. The van der Waals surface area contributed by atoms with E-state index >= 15 is 0 Å². The Balaban J connectivity index is 1.74. The van der Waals surface area contributed by atoms with E-state index in [0.717, 1.165) is 23.1 Å². The van der Waals surface area contributed by atoms with E-state index in [9.17, 15) is 0 Å². The van der Waals surface area contributed by atoms with Gasteiger partial charge in [0.15, 0.2) is 0 Å². The van der Waals surface area contributed by atoms with Crippen molar-refractivity contribution in [1.29, 1.82) is 10.5 Å². The molecular weight excluding hydrogens is 424 g/mol. The molecule has 4 aromatic carbocycles. The molecule has 2 heteroatoms. The number of nitrogens with zero attached hydrogens (tertiary/aromatic N) is 2. The van der Waals surface area contributed by atoms with Gasteiger partial charge < -0.3 is 0 Å². The molecule has 0 radical (unpaired) electrons. The van der Waals surface area contributed by atoms with Crippen LogP contribution in [0.5, 0.6) is 0 Å². The summed E-state index contributed by atoms with van der Waals surface area (Å²) in [5, 5.41) is 20.6. The predicted octanol–water partition coefficient (Wildman–Crippen LogP) is 8.36. The van der Waals surface area contributed by atoms with Gasteiger partial charge in [-0.1, -0.05) is 110 Å². The fourth-order valence-electron chi connectivity index (χ4n) is 4.26. The van der Waals surface area contributed by atoms with Gasteiger partial charge in [-0.25, -0.2) is 0 Å². The molecule has 0 saturated heterocycles. The Morgan fingerprint density at radius 1 is 0.714 bits per heavy atom. The quantitative estimate of drug-likeness (QED) is 0.210. The van der Waals surface area contributed by atoms with Crippen LogP contribution in [0.1, 0.15) is 18.1 Å². The number of rotatable bonds is 7. The minimum atomic E-state index is 0.589. The maximum absolute atomic E-state index is 9.15. The SMILES string of the molecule is C=C/C(C#N)=C\Cc1cccc(-c2cccc3c(-c4cccc(C/C=C(\C)C#N)c4)cccc23)c1. The lowest BCUT2D eigenvalue weighted by atomic mass is 9.91. The summed E-state index contributed by atoms with van der Waals surface area (Å²) in [6, 6.07) is 34.3. The van der Waals surface area contributed by atoms with Gasteiger partial charge in [-0.05, 0) is 63.9 Å². The topological polar surface area (TPSA) is 47.6 Å². The van der Waals surface area contributed by atoms with Crippen molar-refractivity contribution in [1.82, 2.24) is 0 Å². The van der Waals surface area contributed by atoms with Gasteiger partial charge in [0.1, 0.15) is 0 Å². The van der Waals surface area contributed by atoms with Crippen molar-refractivity contribution in [2.24, 2.45) is 0 Å². The molecule has 0 aromatic heterocycles. The predicted molar refractivity (Wildman–Crippen MR) is 145 cm³/mol. The van der Waals surface area contributed by atoms with Crippen molar-refractivity contribution in [3.05, 3.63) is 132 Å². The smallest absolute Gasteiger partial charge is 0.0988 e. The van der Waals surface area contributed by atoms with Crippen molar-refractivity contribution < 1.29 is 0 Å². The maximum atomic E-state index is 9.15. The standard InChI is InChI=1S/C33H26N2/c1-3-25(23-35)18-19-27-9-5-11-29(21-27)31-13-7-14-32-30(12-6-15-33(31)32)28-10-4-8-26(20-28)17-16-24(2)22-34/h3-16,18,20-21H,1,17,19H2,2H3/b24-16+,25-18+. The second-order valence-electron chi connectivity index (χ2n) is 8.49. The molecule has 35 heavy (non-hydrogen) atoms. The van der Waals surface area contributed by atoms with Crippen molar-refractivity contribution in [3.8, 4) is 34.4 Å². The minimum Gasteiger partial charge on any atom is -0.193 e. The number of fused-ring (bicyclic) bond motifs is 1. The summed E-state index contributed by atoms with van der Waals surface area (Å²) >= 11 is 0. The molecule has 168 valence electrons. The van der Waals surface area contributed by atoms with E-state index in [4.69, 9.17) is 10.5 Å². The van der Waals surface area contributed by atoms with Crippen molar-refractivity contribution in [2.45, 2.75) is 19.8 Å². The van der Waals surface area contributed by atoms with E-state index in [0.29, 0.717) is 12.0 Å². The molecule has 0 aliphatic carbocycles. The number of hydrogen-bond donors (Lipinski definition) is 0. The van der Waals surface area contributed by atoms with Crippen LogP contribution in [0.15, 0.2) is 121 Å². The lowest BCUT2D eigenvalue weighted by molar-refractivity contribution is 1.24. The number of nitriles is 2. The van der Waals surface area contributed by atoms with Gasteiger partial charge >= 0.3 is 0 Å². The summed E-state index contributed by atoms with van der Waals surface area (Å²) in [6.45, 7) is 5.53. The molecule has 0 N–H and O–H groups in total. The molecule has 0 amide bonds. The molecule has 0 atom stereocenters. The van der Waals surface area contributed by atoms with Crippen LogP contribution in [0.2, 0.25) is 0 Å². The number of allylic oxidation sites excluding steroid dienone is 5. The molecule has 0 aliphatic rings. The normalized spacial score (nSPS) is 11.6. The largest absolute Gasteiger partial charge is 0.193 e. The lowest BCUT2D eigenvalue weighted by Crippen LogP contribution is -1.89. The molecule has 0 saturated carbocycles. The summed E-state index contributed by atoms with van der Waals surface area (Å²) in [5.74, 6) is 0. The average Bonchev–Trinajstić information content (AvgIpc) is 2.92. The minimum absolute atomic E-state index is 0.589. The first kappa shape index (κ1) is 23.5. The van der Waals surface area contributed by atoms with Crippen LogP contribution in [0.4, 0.5) is 0 Å². The highest BCUT2D eigenvalue weighted by Gasteiger charge is 2.09. The lowest BCUT2D eigenvalue weighted by Gasteiger charge is -2.13. The fraction of sp³-hybridized carbons (Fsp3) is 0.0909. The van der Waals surface area contributed by atoms with Crippen molar-refractivity contribution in [3.63, 3.8) is 0 Å². The molecule has 0 unspecified atom stereocenters. The summed E-state index contributed by atoms with van der Waals surface area (Å²) < 4.78 is 0. The van der Waals surface area contributed by atoms with Gasteiger partial charge in [0.25, 0.3) is 0 Å². The Hall–Kier alpha value is -4.66. The van der Waals surface area contributed by atoms with Crippen LogP contribution >= 0.6 is 0 Å². The van der Waals surface area contributed by atoms with Gasteiger partial charge in [0.2, 0.25) is 0 Å². The summed E-state index contributed by atoms with van der Waals surface area (Å²) in [6.07, 6.45) is 6.89. The van der Waals surface area contributed by atoms with Gasteiger partial charge in [-0.15, -0.1) is 0 Å². The van der Waals surface area contributed by atoms with Crippen LogP contribution in [0.25, 0.3) is 33.0 Å². The Morgan fingerprint density at radius 3 is 1.71 bits per heavy atom. The van der Waals surface area contributed by atoms with Crippen LogP contribution in [-0.2, 0) is 12.8 Å². The van der Waals surface area contributed by atoms with E-state index < -0.39 is 0 Å². The first-order valence-electron chi connectivity index (χ1n) is 11.6. The van der Waals surface area contributed by atoms with Crippen molar-refractivity contribution >= 4 is 10.8 Å². The van der Waals surface area contributed by atoms with Crippen LogP contribution < -0.4 is 0 Å². The molecule has 4 rings (SSSR count). The van der Waals surface area contributed by atoms with Gasteiger partial charge in [0, 0.05) is 11.1 Å². The highest BCUT2D eigenvalue weighted by Crippen LogP contribution is 2.35. The molecule has 2 nitrogen and oxygen atoms in total. The number of benzene rings is 4. The summed E-state index contributed by atoms with van der Waals surface area (Å²) in [5.41, 5.74) is 8.35. The second kappa shape index (κ2) is 11.0. The molecule has 4 aromatic rings. The van der Waals surface area contributed by atoms with E-state index in [1.165, 1.54) is 33.0 Å². The second-order valence-corrected chi connectivity index (χ2v) is 8.49. The maximum Gasteiger partial charge on any atom is 0.0988 e. The highest BCUT2D eigenvalue weighted by molar-refractivity contribution is 6.04. The summed E-state index contributed by atoms with van der Waals surface area (Å²) in [4.78, 5) is 0. The number of hydrogen-bond acceptors (Lipinski definition) is 2. The van der Waals surface area contributed by atoms with E-state index in [1.807, 2.05) is 19.1 Å². The fourth-order valence-corrected chi connectivity index (χ4v) is 4.26. The Morgan fingerprint density at radius 2 is 1.23 bits per heavy atom. The zero-order valence-electron chi connectivity index (χ0n) is 19.8. The van der Waals surface area contributed by atoms with Crippen molar-refractivity contribution in [2.75, 3.05) is 0 Å². The Bertz CT molecular complexity index is 1540. The molecule has 0 aliphatic heterocycles. The third kappa shape index (κ3) is 5.47. The van der Waals surface area contributed by atoms with E-state index in [-0.39, 0.29) is 0 Å². The first-order valence-corrected chi connectivity index (χ1v) is 11.6. The molecular formula is C33H26N2. The van der Waals surface area contributed by atoms with E-state index in [1.54, 1.807) is 6.08 Å². The van der Waals surface area contributed by atoms with Gasteiger partial charge in [0.05, 0.1) is 12.1 Å². The van der Waals surface area contributed by atoms with Crippen LogP contribution in [-0.4, -0.2) is 0 Å². The van der Waals surface area contributed by atoms with Crippen LogP contribution in [0, 0.1) is 22.7 Å². The zero-order valence-corrected chi connectivity index (χ0v) is 19.8. The van der Waals surface area contributed by atoms with Crippen LogP contribution in [0.3, 0.4) is 0 Å². The third-order valence-electron chi connectivity index (χ3n) is 6.13. The monoisotopic (exact) mass is 450 g/mol.